The summed E-state index contributed by atoms with van der Waals surface area (Å²) < 4.78 is 1.94. The van der Waals surface area contributed by atoms with Crippen LogP contribution in [-0.4, -0.2) is 43.5 Å². The molecule has 0 radical (unpaired) electrons. The highest BCUT2D eigenvalue weighted by Gasteiger charge is 2.36. The number of hydrogen-bond donors (Lipinski definition) is 2. The third-order valence-electron chi connectivity index (χ3n) is 4.61. The van der Waals surface area contributed by atoms with Crippen LogP contribution >= 0.6 is 0 Å². The molecule has 3 heterocycles. The Balaban J connectivity index is 1.81. The minimum atomic E-state index is -0.141. The van der Waals surface area contributed by atoms with E-state index in [0.717, 1.165) is 17.9 Å². The van der Waals surface area contributed by atoms with Crippen molar-refractivity contribution in [2.24, 2.45) is 7.05 Å². The van der Waals surface area contributed by atoms with Crippen LogP contribution in [0.4, 0.5) is 0 Å². The molecular formula is C17H23N5O2. The average Bonchev–Trinajstić information content (AvgIpc) is 2.97. The van der Waals surface area contributed by atoms with Crippen LogP contribution in [0.3, 0.4) is 0 Å². The number of pyridine rings is 1. The number of nitrogens with one attached hydrogen (secondary N) is 1. The van der Waals surface area contributed by atoms with Crippen LogP contribution in [-0.2, 0) is 18.4 Å². The zero-order chi connectivity index (χ0) is 17.3. The van der Waals surface area contributed by atoms with E-state index in [4.69, 9.17) is 0 Å². The van der Waals surface area contributed by atoms with Crippen LogP contribution in [0.1, 0.15) is 36.1 Å². The molecule has 0 aliphatic carbocycles. The lowest BCUT2D eigenvalue weighted by atomic mass is 9.95. The molecule has 0 bridgehead atoms. The topological polar surface area (TPSA) is 83.3 Å². The third kappa shape index (κ3) is 3.12. The van der Waals surface area contributed by atoms with Crippen molar-refractivity contribution in [1.29, 1.82) is 0 Å². The molecular weight excluding hydrogens is 306 g/mol. The van der Waals surface area contributed by atoms with Gasteiger partial charge in [0.15, 0.2) is 0 Å². The highest BCUT2D eigenvalue weighted by molar-refractivity contribution is 5.77. The fraction of sp³-hybridized carbons (Fsp3) is 0.471. The molecule has 0 aromatic carbocycles. The van der Waals surface area contributed by atoms with Crippen LogP contribution in [0, 0.1) is 6.92 Å². The molecule has 2 atom stereocenters. The van der Waals surface area contributed by atoms with Crippen LogP contribution in [0.15, 0.2) is 24.5 Å². The normalized spacial score (nSPS) is 21.3. The number of likely N-dealkylation sites (N-methyl/N-ethyl adjacent to an activating group) is 1. The first-order valence-corrected chi connectivity index (χ1v) is 8.09. The Labute approximate surface area is 141 Å². The van der Waals surface area contributed by atoms with E-state index in [9.17, 15) is 9.90 Å². The van der Waals surface area contributed by atoms with Crippen molar-refractivity contribution in [3.05, 3.63) is 41.7 Å². The fourth-order valence-electron chi connectivity index (χ4n) is 3.23. The second-order valence-electron chi connectivity index (χ2n) is 6.29. The molecule has 1 saturated heterocycles. The number of piperidine rings is 1. The van der Waals surface area contributed by atoms with Crippen molar-refractivity contribution in [3.8, 4) is 5.75 Å². The molecule has 0 saturated carbocycles. The Kier molecular flexibility index (Phi) is 4.53. The molecule has 1 fully saturated rings. The Hall–Kier alpha value is -2.41. The van der Waals surface area contributed by atoms with Crippen LogP contribution in [0.2, 0.25) is 0 Å². The van der Waals surface area contributed by atoms with Crippen molar-refractivity contribution in [2.75, 3.05) is 7.05 Å². The highest BCUT2D eigenvalue weighted by Crippen LogP contribution is 2.30. The van der Waals surface area contributed by atoms with Gasteiger partial charge in [0.2, 0.25) is 5.91 Å². The summed E-state index contributed by atoms with van der Waals surface area (Å²) in [5.74, 6) is 1.16. The Bertz CT molecular complexity index is 742. The summed E-state index contributed by atoms with van der Waals surface area (Å²) in [5, 5.41) is 13.4. The standard InChI is InChI=1S/C17H23N5O2/c1-11-4-6-14(23)13(20-11)10-19-12-5-7-15(24)22(3)16(12)17-18-8-9-21(17)2/h4,6,8-9,12,16,19,23H,5,7,10H2,1-3H3/t12-,16-/m1/s1. The summed E-state index contributed by atoms with van der Waals surface area (Å²) >= 11 is 0. The molecule has 2 aromatic rings. The minimum Gasteiger partial charge on any atom is -0.506 e. The Morgan fingerprint density at radius 3 is 2.88 bits per heavy atom. The molecule has 2 aromatic heterocycles. The summed E-state index contributed by atoms with van der Waals surface area (Å²) in [4.78, 5) is 22.7. The van der Waals surface area contributed by atoms with Crippen LogP contribution < -0.4 is 5.32 Å². The number of nitrogens with zero attached hydrogens (tertiary/aromatic N) is 4. The first kappa shape index (κ1) is 16.4. The zero-order valence-corrected chi connectivity index (χ0v) is 14.2. The van der Waals surface area contributed by atoms with Crippen molar-refractivity contribution in [3.63, 3.8) is 0 Å². The highest BCUT2D eigenvalue weighted by atomic mass is 16.3. The number of carbonyl (C=O) groups excluding carboxylic acids is 1. The molecule has 24 heavy (non-hydrogen) atoms. The lowest BCUT2D eigenvalue weighted by Gasteiger charge is -2.39. The SMILES string of the molecule is Cc1ccc(O)c(CN[C@@H]2CCC(=O)N(C)[C@H]2c2nccn2C)n1. The van der Waals surface area contributed by atoms with Gasteiger partial charge >= 0.3 is 0 Å². The average molecular weight is 329 g/mol. The Morgan fingerprint density at radius 2 is 2.17 bits per heavy atom. The number of likely N-dealkylation sites (tertiary alicyclic amines) is 1. The Morgan fingerprint density at radius 1 is 1.38 bits per heavy atom. The molecule has 1 aliphatic rings. The molecule has 0 spiro atoms. The summed E-state index contributed by atoms with van der Waals surface area (Å²) in [5.41, 5.74) is 1.48. The maximum atomic E-state index is 12.1. The smallest absolute Gasteiger partial charge is 0.223 e. The molecule has 7 nitrogen and oxygen atoms in total. The van der Waals surface area contributed by atoms with Crippen LogP contribution in [0.5, 0.6) is 5.75 Å². The van der Waals surface area contributed by atoms with Gasteiger partial charge in [-0.1, -0.05) is 0 Å². The van der Waals surface area contributed by atoms with Gasteiger partial charge < -0.3 is 19.9 Å². The summed E-state index contributed by atoms with van der Waals surface area (Å²) in [7, 11) is 3.75. The lowest BCUT2D eigenvalue weighted by molar-refractivity contribution is -0.136. The van der Waals surface area contributed by atoms with Gasteiger partial charge in [0, 0.05) is 51.2 Å². The molecule has 7 heteroatoms. The van der Waals surface area contributed by atoms with E-state index in [1.807, 2.05) is 31.8 Å². The predicted octanol–water partition coefficient (Wildman–Crippen LogP) is 1.28. The number of aryl methyl sites for hydroxylation is 2. The van der Waals surface area contributed by atoms with E-state index >= 15 is 0 Å². The summed E-state index contributed by atoms with van der Waals surface area (Å²) in [6, 6.07) is 3.35. The zero-order valence-electron chi connectivity index (χ0n) is 14.2. The van der Waals surface area contributed by atoms with Gasteiger partial charge in [0.25, 0.3) is 0 Å². The first-order chi connectivity index (χ1) is 11.5. The molecule has 1 amide bonds. The van der Waals surface area contributed by atoms with Gasteiger partial charge in [0.1, 0.15) is 17.6 Å². The van der Waals surface area contributed by atoms with Gasteiger partial charge in [-0.3, -0.25) is 9.78 Å². The predicted molar refractivity (Wildman–Crippen MR) is 89.2 cm³/mol. The van der Waals surface area contributed by atoms with E-state index < -0.39 is 0 Å². The van der Waals surface area contributed by atoms with E-state index in [1.165, 1.54) is 0 Å². The number of carbonyl (C=O) groups is 1. The number of aromatic nitrogens is 3. The van der Waals surface area contributed by atoms with Gasteiger partial charge in [-0.25, -0.2) is 4.98 Å². The van der Waals surface area contributed by atoms with E-state index in [0.29, 0.717) is 18.7 Å². The van der Waals surface area contributed by atoms with Crippen molar-refractivity contribution in [1.82, 2.24) is 24.8 Å². The molecule has 128 valence electrons. The second-order valence-corrected chi connectivity index (χ2v) is 6.29. The second kappa shape index (κ2) is 6.60. The maximum Gasteiger partial charge on any atom is 0.223 e. The number of aromatic hydroxyl groups is 1. The largest absolute Gasteiger partial charge is 0.506 e. The van der Waals surface area contributed by atoms with Gasteiger partial charge in [-0.05, 0) is 25.5 Å². The fourth-order valence-corrected chi connectivity index (χ4v) is 3.23. The van der Waals surface area contributed by atoms with Crippen molar-refractivity contribution >= 4 is 5.91 Å². The maximum absolute atomic E-state index is 12.1. The van der Waals surface area contributed by atoms with E-state index in [2.05, 4.69) is 15.3 Å². The summed E-state index contributed by atoms with van der Waals surface area (Å²) in [6.45, 7) is 2.34. The number of imidazole rings is 1. The number of hydrogen-bond acceptors (Lipinski definition) is 5. The molecule has 2 N–H and O–H groups in total. The molecule has 3 rings (SSSR count). The molecule has 0 unspecified atom stereocenters. The van der Waals surface area contributed by atoms with Gasteiger partial charge in [-0.15, -0.1) is 0 Å². The third-order valence-corrected chi connectivity index (χ3v) is 4.61. The number of amides is 1. The van der Waals surface area contributed by atoms with Gasteiger partial charge in [-0.2, -0.15) is 0 Å². The van der Waals surface area contributed by atoms with Gasteiger partial charge in [0.05, 0.1) is 5.69 Å². The minimum absolute atomic E-state index is 0.0514. The van der Waals surface area contributed by atoms with Crippen molar-refractivity contribution < 1.29 is 9.90 Å². The monoisotopic (exact) mass is 329 g/mol. The lowest BCUT2D eigenvalue weighted by Crippen LogP contribution is -2.49. The quantitative estimate of drug-likeness (QED) is 0.883. The van der Waals surface area contributed by atoms with Crippen molar-refractivity contribution in [2.45, 2.75) is 38.4 Å². The van der Waals surface area contributed by atoms with E-state index in [-0.39, 0.29) is 23.7 Å². The summed E-state index contributed by atoms with van der Waals surface area (Å²) in [6.07, 6.45) is 4.86. The molecule has 1 aliphatic heterocycles. The number of rotatable bonds is 4. The van der Waals surface area contributed by atoms with E-state index in [1.54, 1.807) is 23.2 Å². The van der Waals surface area contributed by atoms with Crippen LogP contribution in [0.25, 0.3) is 0 Å². The first-order valence-electron chi connectivity index (χ1n) is 8.09.